The largest absolute Gasteiger partial charge is 0.455 e. The number of anilines is 1. The number of rotatable bonds is 4. The fraction of sp³-hybridized carbons (Fsp3) is 0.409. The van der Waals surface area contributed by atoms with E-state index in [-0.39, 0.29) is 36.2 Å². The van der Waals surface area contributed by atoms with Crippen LogP contribution in [0, 0.1) is 17.8 Å². The van der Waals surface area contributed by atoms with E-state index in [4.69, 9.17) is 4.74 Å². The predicted molar refractivity (Wildman–Crippen MR) is 102 cm³/mol. The molecule has 1 N–H and O–H groups in total. The van der Waals surface area contributed by atoms with E-state index >= 15 is 0 Å². The van der Waals surface area contributed by atoms with Gasteiger partial charge in [0.05, 0.1) is 5.92 Å². The van der Waals surface area contributed by atoms with Crippen molar-refractivity contribution in [2.24, 2.45) is 17.8 Å². The molecule has 0 spiro atoms. The first kappa shape index (κ1) is 17.7. The Morgan fingerprint density at radius 3 is 2.44 bits per heavy atom. The van der Waals surface area contributed by atoms with Crippen molar-refractivity contribution in [3.05, 3.63) is 42.5 Å². The van der Waals surface area contributed by atoms with Gasteiger partial charge >= 0.3 is 5.97 Å². The van der Waals surface area contributed by atoms with Crippen molar-refractivity contribution in [1.29, 1.82) is 0 Å². The highest BCUT2D eigenvalue weighted by atomic mass is 16.5. The third-order valence-electron chi connectivity index (χ3n) is 5.76. The van der Waals surface area contributed by atoms with Crippen LogP contribution in [0.1, 0.15) is 32.1 Å². The van der Waals surface area contributed by atoms with Crippen LogP contribution in [0.5, 0.6) is 0 Å². The fourth-order valence-corrected chi connectivity index (χ4v) is 4.39. The Morgan fingerprint density at radius 2 is 1.70 bits per heavy atom. The van der Waals surface area contributed by atoms with Crippen molar-refractivity contribution in [2.45, 2.75) is 32.1 Å². The van der Waals surface area contributed by atoms with Crippen LogP contribution in [0.2, 0.25) is 0 Å². The van der Waals surface area contributed by atoms with Gasteiger partial charge in [-0.15, -0.1) is 0 Å². The van der Waals surface area contributed by atoms with Crippen molar-refractivity contribution in [1.82, 2.24) is 0 Å². The number of Topliss-reactive ketones (excluding diaryl/α,β-unsaturated/α-hetero) is 1. The van der Waals surface area contributed by atoms with Crippen molar-refractivity contribution in [3.8, 4) is 0 Å². The van der Waals surface area contributed by atoms with Crippen molar-refractivity contribution < 1.29 is 19.1 Å². The monoisotopic (exact) mass is 365 g/mol. The summed E-state index contributed by atoms with van der Waals surface area (Å²) in [5, 5.41) is 4.90. The Bertz CT molecular complexity index is 875. The topological polar surface area (TPSA) is 72.5 Å². The highest BCUT2D eigenvalue weighted by Crippen LogP contribution is 2.40. The van der Waals surface area contributed by atoms with E-state index in [0.29, 0.717) is 24.3 Å². The number of benzene rings is 2. The molecule has 27 heavy (non-hydrogen) atoms. The molecule has 2 aliphatic carbocycles. The Morgan fingerprint density at radius 1 is 1.00 bits per heavy atom. The summed E-state index contributed by atoms with van der Waals surface area (Å²) >= 11 is 0. The van der Waals surface area contributed by atoms with Crippen LogP contribution < -0.4 is 5.32 Å². The van der Waals surface area contributed by atoms with Gasteiger partial charge in [-0.3, -0.25) is 14.4 Å². The SMILES string of the molecule is O=C(COC(=O)C1CC2CCCC(C1)C2=O)Nc1ccc2ccccc2c1. The Labute approximate surface area is 158 Å². The normalized spacial score (nSPS) is 24.4. The molecule has 0 saturated heterocycles. The second-order valence-corrected chi connectivity index (χ2v) is 7.61. The predicted octanol–water partition coefficient (Wildman–Crippen LogP) is 3.72. The maximum atomic E-state index is 12.4. The molecular weight excluding hydrogens is 342 g/mol. The summed E-state index contributed by atoms with van der Waals surface area (Å²) in [5.74, 6) is -0.646. The number of ether oxygens (including phenoxy) is 1. The summed E-state index contributed by atoms with van der Waals surface area (Å²) in [6.07, 6.45) is 3.96. The van der Waals surface area contributed by atoms with Crippen LogP contribution in [0.25, 0.3) is 10.8 Å². The molecule has 2 atom stereocenters. The number of nitrogens with one attached hydrogen (secondary N) is 1. The number of hydrogen-bond acceptors (Lipinski definition) is 4. The fourth-order valence-electron chi connectivity index (χ4n) is 4.39. The summed E-state index contributed by atoms with van der Waals surface area (Å²) in [6, 6.07) is 13.6. The molecule has 0 aliphatic heterocycles. The van der Waals surface area contributed by atoms with E-state index in [1.165, 1.54) is 0 Å². The first-order valence-corrected chi connectivity index (χ1v) is 9.59. The number of carbonyl (C=O) groups excluding carboxylic acids is 3. The first-order valence-electron chi connectivity index (χ1n) is 9.59. The Balaban J connectivity index is 1.30. The minimum atomic E-state index is -0.356. The highest BCUT2D eigenvalue weighted by molar-refractivity contribution is 5.96. The summed E-state index contributed by atoms with van der Waals surface area (Å²) in [6.45, 7) is -0.300. The van der Waals surface area contributed by atoms with Gasteiger partial charge in [-0.05, 0) is 48.6 Å². The van der Waals surface area contributed by atoms with Crippen LogP contribution >= 0.6 is 0 Å². The maximum absolute atomic E-state index is 12.4. The van der Waals surface area contributed by atoms with Crippen molar-refractivity contribution in [2.75, 3.05) is 11.9 Å². The molecule has 140 valence electrons. The molecule has 2 aliphatic rings. The summed E-state index contributed by atoms with van der Waals surface area (Å²) in [7, 11) is 0. The number of carbonyl (C=O) groups is 3. The number of ketones is 1. The zero-order valence-corrected chi connectivity index (χ0v) is 15.1. The number of esters is 1. The maximum Gasteiger partial charge on any atom is 0.309 e. The number of fused-ring (bicyclic) bond motifs is 3. The first-order chi connectivity index (χ1) is 13.1. The van der Waals surface area contributed by atoms with Gasteiger partial charge in [-0.2, -0.15) is 0 Å². The molecule has 4 rings (SSSR count). The van der Waals surface area contributed by atoms with E-state index < -0.39 is 0 Å². The molecule has 0 radical (unpaired) electrons. The van der Waals surface area contributed by atoms with Gasteiger partial charge in [0.1, 0.15) is 5.78 Å². The standard InChI is InChI=1S/C22H23NO4/c24-20(23-19-9-8-14-4-1-2-5-15(14)12-19)13-27-22(26)18-10-16-6-3-7-17(11-18)21(16)25/h1-2,4-5,8-9,12,16-18H,3,6-7,10-11,13H2,(H,23,24). The average Bonchev–Trinajstić information content (AvgIpc) is 2.66. The van der Waals surface area contributed by atoms with Crippen molar-refractivity contribution >= 4 is 34.1 Å². The van der Waals surface area contributed by atoms with E-state index in [1.54, 1.807) is 0 Å². The van der Waals surface area contributed by atoms with Crippen molar-refractivity contribution in [3.63, 3.8) is 0 Å². The summed E-state index contributed by atoms with van der Waals surface area (Å²) in [4.78, 5) is 36.6. The van der Waals surface area contributed by atoms with E-state index in [2.05, 4.69) is 5.32 Å². The second kappa shape index (κ2) is 7.51. The van der Waals surface area contributed by atoms with Gasteiger partial charge in [0, 0.05) is 17.5 Å². The minimum absolute atomic E-state index is 0.00137. The Hall–Kier alpha value is -2.69. The molecule has 2 bridgehead atoms. The molecule has 5 heteroatoms. The molecule has 0 aromatic heterocycles. The van der Waals surface area contributed by atoms with E-state index in [9.17, 15) is 14.4 Å². The lowest BCUT2D eigenvalue weighted by Gasteiger charge is -2.36. The van der Waals surface area contributed by atoms with Crippen LogP contribution in [0.15, 0.2) is 42.5 Å². The summed E-state index contributed by atoms with van der Waals surface area (Å²) in [5.41, 5.74) is 0.674. The molecular formula is C22H23NO4. The average molecular weight is 365 g/mol. The van der Waals surface area contributed by atoms with E-state index in [1.807, 2.05) is 42.5 Å². The van der Waals surface area contributed by atoms with Gasteiger partial charge in [-0.25, -0.2) is 0 Å². The zero-order valence-electron chi connectivity index (χ0n) is 15.1. The molecule has 1 amide bonds. The molecule has 2 aromatic rings. The molecule has 5 nitrogen and oxygen atoms in total. The van der Waals surface area contributed by atoms with Crippen LogP contribution in [0.4, 0.5) is 5.69 Å². The highest BCUT2D eigenvalue weighted by Gasteiger charge is 2.41. The van der Waals surface area contributed by atoms with Gasteiger partial charge in [-0.1, -0.05) is 36.8 Å². The summed E-state index contributed by atoms with van der Waals surface area (Å²) < 4.78 is 5.24. The molecule has 2 aromatic carbocycles. The van der Waals surface area contributed by atoms with Gasteiger partial charge in [0.15, 0.2) is 6.61 Å². The lowest BCUT2D eigenvalue weighted by atomic mass is 9.67. The quantitative estimate of drug-likeness (QED) is 0.838. The zero-order chi connectivity index (χ0) is 18.8. The van der Waals surface area contributed by atoms with Crippen LogP contribution in [0.3, 0.4) is 0 Å². The number of amides is 1. The second-order valence-electron chi connectivity index (χ2n) is 7.61. The van der Waals surface area contributed by atoms with Crippen LogP contribution in [-0.2, 0) is 19.1 Å². The smallest absolute Gasteiger partial charge is 0.309 e. The van der Waals surface area contributed by atoms with Gasteiger partial charge in [0.2, 0.25) is 0 Å². The van der Waals surface area contributed by atoms with Crippen LogP contribution in [-0.4, -0.2) is 24.3 Å². The lowest BCUT2D eigenvalue weighted by Crippen LogP contribution is -2.40. The molecule has 2 unspecified atom stereocenters. The molecule has 2 fully saturated rings. The van der Waals surface area contributed by atoms with Gasteiger partial charge < -0.3 is 10.1 Å². The third kappa shape index (κ3) is 3.87. The van der Waals surface area contributed by atoms with E-state index in [0.717, 1.165) is 30.0 Å². The molecule has 0 heterocycles. The van der Waals surface area contributed by atoms with Gasteiger partial charge in [0.25, 0.3) is 5.91 Å². The Kier molecular flexibility index (Phi) is 4.92. The number of hydrogen-bond donors (Lipinski definition) is 1. The lowest BCUT2D eigenvalue weighted by molar-refractivity contribution is -0.155. The molecule has 2 saturated carbocycles. The minimum Gasteiger partial charge on any atom is -0.455 e. The third-order valence-corrected chi connectivity index (χ3v) is 5.76.